The number of hydrogen-bond donors (Lipinski definition) is 1. The number of amides is 1. The molecule has 0 saturated carbocycles. The molecule has 0 aliphatic carbocycles. The number of nitrogens with zero attached hydrogens (tertiary/aromatic N) is 1. The van der Waals surface area contributed by atoms with Crippen LogP contribution >= 0.6 is 27.5 Å². The van der Waals surface area contributed by atoms with Crippen LogP contribution in [0.4, 0.5) is 5.69 Å². The molecular weight excluding hydrogens is 424 g/mol. The van der Waals surface area contributed by atoms with Gasteiger partial charge in [-0.2, -0.15) is 0 Å². The van der Waals surface area contributed by atoms with E-state index in [1.807, 2.05) is 66.7 Å². The lowest BCUT2D eigenvalue weighted by atomic mass is 10.0. The molecule has 0 saturated heterocycles. The molecule has 0 aliphatic rings. The zero-order chi connectivity index (χ0) is 18.8. The van der Waals surface area contributed by atoms with E-state index >= 15 is 0 Å². The van der Waals surface area contributed by atoms with Crippen molar-refractivity contribution in [1.29, 1.82) is 0 Å². The van der Waals surface area contributed by atoms with Crippen LogP contribution in [0.25, 0.3) is 22.2 Å². The standard InChI is InChI=1S/C22H14BrClN2O/c23-15-10-11-20(18(24)12-15)26-22(27)17-13-21(14-6-2-1-3-7-14)25-19-9-5-4-8-16(17)19/h1-13H,(H,26,27). The van der Waals surface area contributed by atoms with E-state index in [1.54, 1.807) is 12.1 Å². The number of benzene rings is 3. The maximum atomic E-state index is 13.0. The molecule has 3 aromatic carbocycles. The van der Waals surface area contributed by atoms with Crippen molar-refractivity contribution in [1.82, 2.24) is 4.98 Å². The van der Waals surface area contributed by atoms with Crippen molar-refractivity contribution >= 4 is 50.0 Å². The number of aromatic nitrogens is 1. The SMILES string of the molecule is O=C(Nc1ccc(Br)cc1Cl)c1cc(-c2ccccc2)nc2ccccc12. The highest BCUT2D eigenvalue weighted by Crippen LogP contribution is 2.28. The molecule has 1 heterocycles. The number of carbonyl (C=O) groups excluding carboxylic acids is 1. The highest BCUT2D eigenvalue weighted by atomic mass is 79.9. The van der Waals surface area contributed by atoms with E-state index in [2.05, 4.69) is 21.2 Å². The van der Waals surface area contributed by atoms with E-state index in [-0.39, 0.29) is 5.91 Å². The van der Waals surface area contributed by atoms with Gasteiger partial charge < -0.3 is 5.32 Å². The van der Waals surface area contributed by atoms with Crippen LogP contribution in [0.1, 0.15) is 10.4 Å². The molecule has 1 aromatic heterocycles. The van der Waals surface area contributed by atoms with E-state index in [1.165, 1.54) is 0 Å². The number of pyridine rings is 1. The molecule has 4 rings (SSSR count). The van der Waals surface area contributed by atoms with Gasteiger partial charge in [0.2, 0.25) is 0 Å². The normalized spacial score (nSPS) is 10.7. The first kappa shape index (κ1) is 17.7. The molecule has 0 fully saturated rings. The van der Waals surface area contributed by atoms with Crippen LogP contribution in [0.2, 0.25) is 5.02 Å². The number of carbonyl (C=O) groups is 1. The van der Waals surface area contributed by atoms with Crippen LogP contribution in [0.3, 0.4) is 0 Å². The molecule has 0 spiro atoms. The van der Waals surface area contributed by atoms with Gasteiger partial charge in [0.05, 0.1) is 27.5 Å². The lowest BCUT2D eigenvalue weighted by Gasteiger charge is -2.12. The fraction of sp³-hybridized carbons (Fsp3) is 0. The Morgan fingerprint density at radius 3 is 2.44 bits per heavy atom. The summed E-state index contributed by atoms with van der Waals surface area (Å²) in [6, 6.07) is 24.6. The monoisotopic (exact) mass is 436 g/mol. The maximum absolute atomic E-state index is 13.0. The van der Waals surface area contributed by atoms with Crippen molar-refractivity contribution in [3.63, 3.8) is 0 Å². The number of hydrogen-bond acceptors (Lipinski definition) is 2. The molecular formula is C22H14BrClN2O. The van der Waals surface area contributed by atoms with Crippen molar-refractivity contribution in [2.75, 3.05) is 5.32 Å². The number of halogens is 2. The van der Waals surface area contributed by atoms with Crippen LogP contribution in [0.5, 0.6) is 0 Å². The smallest absolute Gasteiger partial charge is 0.256 e. The largest absolute Gasteiger partial charge is 0.321 e. The van der Waals surface area contributed by atoms with Crippen molar-refractivity contribution < 1.29 is 4.79 Å². The highest BCUT2D eigenvalue weighted by Gasteiger charge is 2.15. The van der Waals surface area contributed by atoms with Crippen LogP contribution < -0.4 is 5.32 Å². The zero-order valence-electron chi connectivity index (χ0n) is 14.1. The highest BCUT2D eigenvalue weighted by molar-refractivity contribution is 9.10. The summed E-state index contributed by atoms with van der Waals surface area (Å²) < 4.78 is 0.853. The first-order valence-corrected chi connectivity index (χ1v) is 9.50. The van der Waals surface area contributed by atoms with Crippen molar-refractivity contribution in [2.24, 2.45) is 0 Å². The van der Waals surface area contributed by atoms with Gasteiger partial charge in [0.1, 0.15) is 0 Å². The van der Waals surface area contributed by atoms with Gasteiger partial charge in [0.25, 0.3) is 5.91 Å². The van der Waals surface area contributed by atoms with Crippen LogP contribution in [0.15, 0.2) is 83.3 Å². The predicted molar refractivity (Wildman–Crippen MR) is 114 cm³/mol. The molecule has 0 unspecified atom stereocenters. The molecule has 3 nitrogen and oxygen atoms in total. The fourth-order valence-electron chi connectivity index (χ4n) is 2.90. The first-order valence-electron chi connectivity index (χ1n) is 8.33. The maximum Gasteiger partial charge on any atom is 0.256 e. The molecule has 1 amide bonds. The van der Waals surface area contributed by atoms with Gasteiger partial charge in [-0.05, 0) is 30.3 Å². The summed E-state index contributed by atoms with van der Waals surface area (Å²) in [7, 11) is 0. The zero-order valence-corrected chi connectivity index (χ0v) is 16.5. The lowest BCUT2D eigenvalue weighted by molar-refractivity contribution is 0.102. The Morgan fingerprint density at radius 1 is 0.926 bits per heavy atom. The average Bonchev–Trinajstić information content (AvgIpc) is 2.70. The van der Waals surface area contributed by atoms with Crippen LogP contribution in [0, 0.1) is 0 Å². The number of nitrogens with one attached hydrogen (secondary N) is 1. The van der Waals surface area contributed by atoms with E-state index in [0.29, 0.717) is 16.3 Å². The fourth-order valence-corrected chi connectivity index (χ4v) is 3.62. The van der Waals surface area contributed by atoms with Gasteiger partial charge in [0.15, 0.2) is 0 Å². The Balaban J connectivity index is 1.81. The molecule has 1 N–H and O–H groups in total. The minimum atomic E-state index is -0.227. The minimum absolute atomic E-state index is 0.227. The molecule has 0 radical (unpaired) electrons. The van der Waals surface area contributed by atoms with Gasteiger partial charge in [-0.15, -0.1) is 0 Å². The van der Waals surface area contributed by atoms with E-state index < -0.39 is 0 Å². The number of para-hydroxylation sites is 1. The molecule has 27 heavy (non-hydrogen) atoms. The summed E-state index contributed by atoms with van der Waals surface area (Å²) in [4.78, 5) is 17.8. The lowest BCUT2D eigenvalue weighted by Crippen LogP contribution is -2.13. The Labute approximate surface area is 170 Å². The predicted octanol–water partition coefficient (Wildman–Crippen LogP) is 6.57. The molecule has 0 aliphatic heterocycles. The quantitative estimate of drug-likeness (QED) is 0.394. The summed E-state index contributed by atoms with van der Waals surface area (Å²) >= 11 is 9.62. The second-order valence-corrected chi connectivity index (χ2v) is 7.34. The Kier molecular flexibility index (Phi) is 4.92. The van der Waals surface area contributed by atoms with Gasteiger partial charge in [0, 0.05) is 15.4 Å². The van der Waals surface area contributed by atoms with Gasteiger partial charge in [-0.1, -0.05) is 76.1 Å². The first-order chi connectivity index (χ1) is 13.1. The van der Waals surface area contributed by atoms with E-state index in [9.17, 15) is 4.79 Å². The summed E-state index contributed by atoms with van der Waals surface area (Å²) in [5, 5.41) is 4.17. The third kappa shape index (κ3) is 3.72. The van der Waals surface area contributed by atoms with Crippen molar-refractivity contribution in [3.8, 4) is 11.3 Å². The summed E-state index contributed by atoms with van der Waals surface area (Å²) in [6.45, 7) is 0. The summed E-state index contributed by atoms with van der Waals surface area (Å²) in [5.74, 6) is -0.227. The minimum Gasteiger partial charge on any atom is -0.321 e. The molecule has 0 atom stereocenters. The van der Waals surface area contributed by atoms with Crippen LogP contribution in [-0.4, -0.2) is 10.9 Å². The van der Waals surface area contributed by atoms with Gasteiger partial charge in [-0.3, -0.25) is 4.79 Å². The second-order valence-electron chi connectivity index (χ2n) is 6.02. The molecule has 132 valence electrons. The van der Waals surface area contributed by atoms with E-state index in [4.69, 9.17) is 16.6 Å². The number of rotatable bonds is 3. The number of anilines is 1. The average molecular weight is 438 g/mol. The third-order valence-corrected chi connectivity index (χ3v) is 5.02. The Hall–Kier alpha value is -2.69. The number of fused-ring (bicyclic) bond motifs is 1. The topological polar surface area (TPSA) is 42.0 Å². The molecule has 4 aromatic rings. The van der Waals surface area contributed by atoms with Gasteiger partial charge in [-0.25, -0.2) is 4.98 Å². The third-order valence-electron chi connectivity index (χ3n) is 4.21. The van der Waals surface area contributed by atoms with E-state index in [0.717, 1.165) is 26.6 Å². The molecule has 5 heteroatoms. The van der Waals surface area contributed by atoms with Crippen LogP contribution in [-0.2, 0) is 0 Å². The van der Waals surface area contributed by atoms with Gasteiger partial charge >= 0.3 is 0 Å². The summed E-state index contributed by atoms with van der Waals surface area (Å²) in [5.41, 5.74) is 3.59. The van der Waals surface area contributed by atoms with Crippen molar-refractivity contribution in [2.45, 2.75) is 0 Å². The molecule has 0 bridgehead atoms. The van der Waals surface area contributed by atoms with Crippen molar-refractivity contribution in [3.05, 3.63) is 93.9 Å². The Bertz CT molecular complexity index is 1150. The second kappa shape index (κ2) is 7.51. The Morgan fingerprint density at radius 2 is 1.67 bits per heavy atom. The summed E-state index contributed by atoms with van der Waals surface area (Å²) in [6.07, 6.45) is 0.